The number of hydrogen-bond donors (Lipinski definition) is 3. The zero-order valence-electron chi connectivity index (χ0n) is 56.5. The highest BCUT2D eigenvalue weighted by atomic mass is 28.3. The third-order valence-electron chi connectivity index (χ3n) is 18.6. The standard InChI is InChI=1S/3C26H30O2Si2.Al/c3*1-29(2,3)19-9-11-21-17(15-19)7-13-23(27)25(21)26-22-12-10-20(30(4,5)6)16-18(22)8-14-24(26)28;/h3*7-16,27-28H,1-6H3;/q;;;+3/p-3. The van der Waals surface area contributed by atoms with E-state index in [1.807, 2.05) is 54.6 Å². The van der Waals surface area contributed by atoms with Gasteiger partial charge in [-0.05, 0) is 101 Å². The zero-order valence-corrected chi connectivity index (χ0v) is 63.6. The van der Waals surface area contributed by atoms with E-state index >= 15 is 0 Å². The first-order chi connectivity index (χ1) is 42.6. The summed E-state index contributed by atoms with van der Waals surface area (Å²) in [6, 6.07) is 64.5. The maximum absolute atomic E-state index is 12.5. The van der Waals surface area contributed by atoms with Gasteiger partial charge in [-0.2, -0.15) is 0 Å². The molecule has 3 N–H and O–H groups in total. The van der Waals surface area contributed by atoms with Gasteiger partial charge in [-0.25, -0.2) is 0 Å². The molecule has 462 valence electrons. The number of hydrogen-bond acceptors (Lipinski definition) is 6. The van der Waals surface area contributed by atoms with Gasteiger partial charge in [-0.1, -0.05) is 295 Å². The minimum atomic E-state index is -3.76. The van der Waals surface area contributed by atoms with Gasteiger partial charge in [0.25, 0.3) is 0 Å². The lowest BCUT2D eigenvalue weighted by atomic mass is 9.92. The van der Waals surface area contributed by atoms with Crippen LogP contribution in [0.15, 0.2) is 182 Å². The molecule has 0 saturated carbocycles. The Bertz CT molecular complexity index is 4430. The van der Waals surface area contributed by atoms with Crippen LogP contribution in [0.1, 0.15) is 0 Å². The van der Waals surface area contributed by atoms with Crippen LogP contribution in [0.3, 0.4) is 0 Å². The zero-order chi connectivity index (χ0) is 65.2. The van der Waals surface area contributed by atoms with E-state index in [9.17, 15) is 15.3 Å². The summed E-state index contributed by atoms with van der Waals surface area (Å²) in [4.78, 5) is 0. The number of fused-ring (bicyclic) bond motifs is 6. The van der Waals surface area contributed by atoms with E-state index in [-0.39, 0.29) is 17.2 Å². The molecule has 12 rings (SSSR count). The fourth-order valence-electron chi connectivity index (χ4n) is 12.9. The van der Waals surface area contributed by atoms with Crippen LogP contribution in [-0.4, -0.2) is 78.9 Å². The number of phenolic OH excluding ortho intramolecular Hbond substituents is 3. The summed E-state index contributed by atoms with van der Waals surface area (Å²) in [6.07, 6.45) is 0. The first kappa shape index (κ1) is 64.0. The van der Waals surface area contributed by atoms with Crippen molar-refractivity contribution in [1.82, 2.24) is 0 Å². The monoisotopic (exact) mass is 1310 g/mol. The largest absolute Gasteiger partial charge is 1.20 e. The third-order valence-corrected chi connectivity index (χ3v) is 32.2. The van der Waals surface area contributed by atoms with Crippen molar-refractivity contribution in [1.29, 1.82) is 0 Å². The van der Waals surface area contributed by atoms with Crippen LogP contribution in [0.25, 0.3) is 98.0 Å². The Hall–Kier alpha value is -7.17. The second kappa shape index (κ2) is 23.1. The molecule has 12 aromatic rings. The molecule has 0 aliphatic carbocycles. The van der Waals surface area contributed by atoms with Crippen molar-refractivity contribution in [2.75, 3.05) is 0 Å². The van der Waals surface area contributed by atoms with Crippen molar-refractivity contribution in [3.63, 3.8) is 0 Å². The molecule has 0 amide bonds. The Morgan fingerprint density at radius 3 is 0.582 bits per heavy atom. The van der Waals surface area contributed by atoms with E-state index in [1.165, 1.54) is 31.1 Å². The molecule has 91 heavy (non-hydrogen) atoms. The summed E-state index contributed by atoms with van der Waals surface area (Å²) in [6.45, 7) is 42.6. The first-order valence-corrected chi connectivity index (χ1v) is 54.5. The van der Waals surface area contributed by atoms with E-state index < -0.39 is 63.6 Å². The molecule has 0 heterocycles. The van der Waals surface area contributed by atoms with E-state index in [1.54, 1.807) is 0 Å². The van der Waals surface area contributed by atoms with Crippen molar-refractivity contribution in [3.05, 3.63) is 182 Å². The van der Waals surface area contributed by atoms with Crippen LogP contribution in [0, 0.1) is 0 Å². The van der Waals surface area contributed by atoms with Gasteiger partial charge in [-0.15, -0.1) is 0 Å². The lowest BCUT2D eigenvalue weighted by Crippen LogP contribution is -2.38. The SMILES string of the molecule is C[Si](C)(C)c1ccc2c(-c3c([O][Al]([O]c4ccc5cc([Si](C)(C)C)ccc5c4-c4c(O)ccc5cc([Si](C)(C)C)ccc45)[O]c4ccc5cc([Si](C)(C)C)ccc5c4-c4c(O)ccc5cc([Si](C)(C)C)ccc45)ccc4cc([Si](C)(C)C)ccc34)c(O)ccc2c1. The highest BCUT2D eigenvalue weighted by molar-refractivity contribution is 6.91. The van der Waals surface area contributed by atoms with E-state index in [4.69, 9.17) is 11.4 Å². The lowest BCUT2D eigenvalue weighted by molar-refractivity contribution is 0.309. The molecule has 12 aromatic carbocycles. The highest BCUT2D eigenvalue weighted by Gasteiger charge is 2.47. The average molecular weight is 1320 g/mol. The molecule has 0 bridgehead atoms. The lowest BCUT2D eigenvalue weighted by Gasteiger charge is -2.26. The van der Waals surface area contributed by atoms with Gasteiger partial charge in [0.15, 0.2) is 0 Å². The van der Waals surface area contributed by atoms with Gasteiger partial charge in [0.2, 0.25) is 0 Å². The first-order valence-electron chi connectivity index (χ1n) is 32.1. The van der Waals surface area contributed by atoms with Crippen LogP contribution in [-0.2, 0) is 0 Å². The van der Waals surface area contributed by atoms with Gasteiger partial charge in [-0.3, -0.25) is 0 Å². The molecule has 0 unspecified atom stereocenters. The second-order valence-corrected chi connectivity index (χ2v) is 63.2. The molecule has 0 aliphatic rings. The van der Waals surface area contributed by atoms with Crippen molar-refractivity contribution in [2.45, 2.75) is 118 Å². The van der Waals surface area contributed by atoms with Gasteiger partial charge < -0.3 is 26.7 Å². The minimum Gasteiger partial charge on any atom is -0.577 e. The van der Waals surface area contributed by atoms with Gasteiger partial charge >= 0.3 is 15.1 Å². The predicted molar refractivity (Wildman–Crippen MR) is 411 cm³/mol. The normalized spacial score (nSPS) is 12.9. The molecule has 0 saturated heterocycles. The van der Waals surface area contributed by atoms with Crippen LogP contribution < -0.4 is 42.5 Å². The molecule has 0 atom stereocenters. The summed E-state index contributed by atoms with van der Waals surface area (Å²) >= 11 is -3.76. The molecule has 6 nitrogen and oxygen atoms in total. The molecule has 0 aromatic heterocycles. The second-order valence-electron chi connectivity index (χ2n) is 31.5. The van der Waals surface area contributed by atoms with Crippen molar-refractivity contribution < 1.29 is 26.7 Å². The Kier molecular flexibility index (Phi) is 16.3. The van der Waals surface area contributed by atoms with Crippen LogP contribution in [0.2, 0.25) is 118 Å². The average Bonchev–Trinajstić information content (AvgIpc) is 0.764. The molecule has 0 spiro atoms. The van der Waals surface area contributed by atoms with Crippen LogP contribution in [0.5, 0.6) is 34.5 Å². The predicted octanol–water partition coefficient (Wildman–Crippen LogP) is 18.5. The molecular weight excluding hydrogens is 1230 g/mol. The van der Waals surface area contributed by atoms with Crippen molar-refractivity contribution in [3.8, 4) is 67.9 Å². The van der Waals surface area contributed by atoms with E-state index in [0.717, 1.165) is 81.3 Å². The Balaban J connectivity index is 1.16. The number of rotatable bonds is 15. The minimum absolute atomic E-state index is 0.136. The summed E-state index contributed by atoms with van der Waals surface area (Å²) in [7, 11) is -10.6. The third kappa shape index (κ3) is 12.4. The maximum Gasteiger partial charge on any atom is 1.20 e. The van der Waals surface area contributed by atoms with Crippen LogP contribution >= 0.6 is 0 Å². The van der Waals surface area contributed by atoms with Gasteiger partial charge in [0.1, 0.15) is 17.2 Å². The fraction of sp³-hybridized carbons (Fsp3) is 0.231. The highest BCUT2D eigenvalue weighted by Crippen LogP contribution is 2.50. The Labute approximate surface area is 549 Å². The van der Waals surface area contributed by atoms with Gasteiger partial charge in [0.05, 0.1) is 65.7 Å². The molecule has 0 fully saturated rings. The maximum atomic E-state index is 12.5. The van der Waals surface area contributed by atoms with Crippen LogP contribution in [0.4, 0.5) is 0 Å². The number of aromatic hydroxyl groups is 3. The van der Waals surface area contributed by atoms with Gasteiger partial charge in [0, 0.05) is 33.4 Å². The molecular formula is C78H87AlO6Si6. The quantitative estimate of drug-likeness (QED) is 0.0887. The Morgan fingerprint density at radius 1 is 0.220 bits per heavy atom. The summed E-state index contributed by atoms with van der Waals surface area (Å²) in [5.74, 6) is 1.88. The number of benzene rings is 12. The number of phenols is 3. The molecule has 0 radical (unpaired) electrons. The van der Waals surface area contributed by atoms with E-state index in [2.05, 4.69) is 245 Å². The fourth-order valence-corrected chi connectivity index (χ4v) is 21.3. The molecule has 13 heteroatoms. The molecule has 0 aliphatic heterocycles. The Morgan fingerprint density at radius 2 is 0.396 bits per heavy atom. The summed E-state index contributed by atoms with van der Waals surface area (Å²) in [5, 5.41) is 57.3. The summed E-state index contributed by atoms with van der Waals surface area (Å²) in [5.41, 5.74) is 4.20. The van der Waals surface area contributed by atoms with Crippen molar-refractivity contribution in [2.24, 2.45) is 0 Å². The summed E-state index contributed by atoms with van der Waals surface area (Å²) < 4.78 is 23.3. The van der Waals surface area contributed by atoms with E-state index in [0.29, 0.717) is 33.9 Å². The smallest absolute Gasteiger partial charge is 0.577 e. The van der Waals surface area contributed by atoms with Crippen molar-refractivity contribution >= 4 is 159 Å². The topological polar surface area (TPSA) is 88.4 Å².